The second-order valence-corrected chi connectivity index (χ2v) is 5.75. The summed E-state index contributed by atoms with van der Waals surface area (Å²) in [6, 6.07) is 7.76. The minimum Gasteiger partial charge on any atom is -0.409 e. The van der Waals surface area contributed by atoms with Gasteiger partial charge in [0.1, 0.15) is 5.03 Å². The highest BCUT2D eigenvalue weighted by Gasteiger charge is 2.12. The average molecular weight is 308 g/mol. The van der Waals surface area contributed by atoms with Crippen LogP contribution in [0.5, 0.6) is 0 Å². The molecule has 4 nitrogen and oxygen atoms in total. The summed E-state index contributed by atoms with van der Waals surface area (Å²) in [5.74, 6) is -0.0284. The summed E-state index contributed by atoms with van der Waals surface area (Å²) in [5.41, 5.74) is 8.49. The van der Waals surface area contributed by atoms with Crippen LogP contribution in [-0.4, -0.2) is 16.0 Å². The van der Waals surface area contributed by atoms with Gasteiger partial charge in [-0.25, -0.2) is 4.98 Å². The van der Waals surface area contributed by atoms with Crippen molar-refractivity contribution in [1.82, 2.24) is 4.98 Å². The minimum atomic E-state index is -0.0284. The third-order valence-electron chi connectivity index (χ3n) is 2.93. The summed E-state index contributed by atoms with van der Waals surface area (Å²) in [6.45, 7) is 4.12. The predicted octanol–water partition coefficient (Wildman–Crippen LogP) is 3.60. The number of pyridine rings is 1. The highest BCUT2D eigenvalue weighted by atomic mass is 35.5. The Hall–Kier alpha value is -1.72. The molecule has 0 saturated heterocycles. The van der Waals surface area contributed by atoms with Gasteiger partial charge in [-0.15, -0.1) is 0 Å². The van der Waals surface area contributed by atoms with Gasteiger partial charge in [0.2, 0.25) is 0 Å². The monoisotopic (exact) mass is 307 g/mol. The molecule has 0 fully saturated rings. The van der Waals surface area contributed by atoms with Gasteiger partial charge in [-0.3, -0.25) is 0 Å². The molecular weight excluding hydrogens is 294 g/mol. The summed E-state index contributed by atoms with van der Waals surface area (Å²) in [5, 5.41) is 12.7. The van der Waals surface area contributed by atoms with Crippen LogP contribution in [0.4, 0.5) is 0 Å². The molecule has 1 heterocycles. The summed E-state index contributed by atoms with van der Waals surface area (Å²) in [6.07, 6.45) is 1.59. The van der Waals surface area contributed by atoms with Gasteiger partial charge in [0.05, 0.1) is 5.02 Å². The van der Waals surface area contributed by atoms with Crippen molar-refractivity contribution in [3.63, 3.8) is 0 Å². The second kappa shape index (κ2) is 6.15. The molecule has 0 spiro atoms. The summed E-state index contributed by atoms with van der Waals surface area (Å²) in [7, 11) is 0. The lowest BCUT2D eigenvalue weighted by molar-refractivity contribution is 0.318. The van der Waals surface area contributed by atoms with E-state index in [0.717, 1.165) is 4.90 Å². The lowest BCUT2D eigenvalue weighted by Crippen LogP contribution is -2.14. The van der Waals surface area contributed by atoms with Crippen LogP contribution >= 0.6 is 23.4 Å². The van der Waals surface area contributed by atoms with Crippen LogP contribution in [0.3, 0.4) is 0 Å². The summed E-state index contributed by atoms with van der Waals surface area (Å²) in [4.78, 5) is 5.28. The Morgan fingerprint density at radius 3 is 2.70 bits per heavy atom. The number of nitrogens with zero attached hydrogens (tertiary/aromatic N) is 2. The minimum absolute atomic E-state index is 0.0284. The van der Waals surface area contributed by atoms with Crippen molar-refractivity contribution in [2.24, 2.45) is 10.9 Å². The van der Waals surface area contributed by atoms with Crippen LogP contribution in [0.25, 0.3) is 0 Å². The number of halogens is 1. The Morgan fingerprint density at radius 2 is 2.05 bits per heavy atom. The first kappa shape index (κ1) is 14.7. The number of amidine groups is 1. The Labute approximate surface area is 126 Å². The zero-order valence-electron chi connectivity index (χ0n) is 11.1. The predicted molar refractivity (Wildman–Crippen MR) is 81.8 cm³/mol. The number of aromatic nitrogens is 1. The van der Waals surface area contributed by atoms with Gasteiger partial charge < -0.3 is 10.9 Å². The van der Waals surface area contributed by atoms with Gasteiger partial charge in [-0.2, -0.15) is 0 Å². The number of rotatable bonds is 3. The van der Waals surface area contributed by atoms with E-state index in [-0.39, 0.29) is 5.84 Å². The van der Waals surface area contributed by atoms with E-state index >= 15 is 0 Å². The first-order valence-corrected chi connectivity index (χ1v) is 7.10. The molecule has 0 aliphatic rings. The molecule has 0 radical (unpaired) electrons. The molecule has 0 amide bonds. The van der Waals surface area contributed by atoms with Crippen molar-refractivity contribution in [3.05, 3.63) is 52.2 Å². The smallest absolute Gasteiger partial charge is 0.171 e. The maximum Gasteiger partial charge on any atom is 0.171 e. The number of aryl methyl sites for hydroxylation is 2. The van der Waals surface area contributed by atoms with E-state index in [9.17, 15) is 0 Å². The van der Waals surface area contributed by atoms with Crippen LogP contribution in [0.2, 0.25) is 5.02 Å². The first-order chi connectivity index (χ1) is 9.52. The Morgan fingerprint density at radius 1 is 1.30 bits per heavy atom. The molecule has 1 aromatic carbocycles. The van der Waals surface area contributed by atoms with Crippen molar-refractivity contribution in [1.29, 1.82) is 0 Å². The van der Waals surface area contributed by atoms with Crippen molar-refractivity contribution < 1.29 is 5.21 Å². The highest BCUT2D eigenvalue weighted by Crippen LogP contribution is 2.34. The van der Waals surface area contributed by atoms with Crippen molar-refractivity contribution >= 4 is 29.2 Å². The molecule has 2 aromatic rings. The fourth-order valence-corrected chi connectivity index (χ4v) is 2.87. The number of oxime groups is 1. The largest absolute Gasteiger partial charge is 0.409 e. The molecule has 0 atom stereocenters. The van der Waals surface area contributed by atoms with Gasteiger partial charge in [-0.05, 0) is 43.2 Å². The average Bonchev–Trinajstić information content (AvgIpc) is 2.44. The normalized spacial score (nSPS) is 11.7. The number of hydrogen-bond donors (Lipinski definition) is 2. The van der Waals surface area contributed by atoms with Gasteiger partial charge in [-0.1, -0.05) is 34.6 Å². The lowest BCUT2D eigenvalue weighted by Gasteiger charge is -2.08. The maximum absolute atomic E-state index is 8.74. The van der Waals surface area contributed by atoms with Crippen molar-refractivity contribution in [2.75, 3.05) is 0 Å². The lowest BCUT2D eigenvalue weighted by atomic mass is 10.1. The van der Waals surface area contributed by atoms with Gasteiger partial charge in [0.25, 0.3) is 0 Å². The molecule has 3 N–H and O–H groups in total. The summed E-state index contributed by atoms with van der Waals surface area (Å²) >= 11 is 7.69. The third kappa shape index (κ3) is 3.05. The Bertz CT molecular complexity index is 673. The molecule has 0 aliphatic heterocycles. The molecule has 2 rings (SSSR count). The standard InChI is InChI=1S/C14H14ClN3OS/c1-8-3-4-10(7-9(8)2)20-14-12(15)11(5-6-17-14)13(16)18-19/h3-7,19H,1-2H3,(H2,16,18). The molecule has 0 bridgehead atoms. The second-order valence-electron chi connectivity index (χ2n) is 4.31. The molecule has 104 valence electrons. The number of nitrogens with two attached hydrogens (primary N) is 1. The zero-order chi connectivity index (χ0) is 14.7. The van der Waals surface area contributed by atoms with E-state index in [4.69, 9.17) is 22.5 Å². The van der Waals surface area contributed by atoms with Crippen LogP contribution in [0.1, 0.15) is 16.7 Å². The van der Waals surface area contributed by atoms with Crippen LogP contribution in [0, 0.1) is 13.8 Å². The van der Waals surface area contributed by atoms with E-state index in [1.807, 2.05) is 6.07 Å². The molecule has 0 unspecified atom stereocenters. The van der Waals surface area contributed by atoms with Crippen molar-refractivity contribution in [2.45, 2.75) is 23.8 Å². The quantitative estimate of drug-likeness (QED) is 0.393. The van der Waals surface area contributed by atoms with Crippen LogP contribution in [-0.2, 0) is 0 Å². The summed E-state index contributed by atoms with van der Waals surface area (Å²) < 4.78 is 0. The molecule has 6 heteroatoms. The topological polar surface area (TPSA) is 71.5 Å². The molecule has 0 saturated carbocycles. The highest BCUT2D eigenvalue weighted by molar-refractivity contribution is 7.99. The fraction of sp³-hybridized carbons (Fsp3) is 0.143. The Kier molecular flexibility index (Phi) is 4.52. The molecule has 0 aliphatic carbocycles. The maximum atomic E-state index is 8.74. The SMILES string of the molecule is Cc1ccc(Sc2nccc(/C(N)=N/O)c2Cl)cc1C. The third-order valence-corrected chi connectivity index (χ3v) is 4.42. The van der Waals surface area contributed by atoms with Gasteiger partial charge in [0, 0.05) is 16.7 Å². The Balaban J connectivity index is 2.36. The molecule has 20 heavy (non-hydrogen) atoms. The first-order valence-electron chi connectivity index (χ1n) is 5.90. The van der Waals surface area contributed by atoms with Gasteiger partial charge in [0.15, 0.2) is 5.84 Å². The molecular formula is C14H14ClN3OS. The van der Waals surface area contributed by atoms with E-state index in [1.165, 1.54) is 22.9 Å². The number of benzene rings is 1. The van der Waals surface area contributed by atoms with Crippen LogP contribution < -0.4 is 5.73 Å². The fourth-order valence-electron chi connectivity index (χ4n) is 1.64. The molecule has 1 aromatic heterocycles. The number of hydrogen-bond acceptors (Lipinski definition) is 4. The van der Waals surface area contributed by atoms with Crippen molar-refractivity contribution in [3.8, 4) is 0 Å². The van der Waals surface area contributed by atoms with E-state index in [0.29, 0.717) is 15.6 Å². The van der Waals surface area contributed by atoms with E-state index in [1.54, 1.807) is 12.3 Å². The van der Waals surface area contributed by atoms with Crippen LogP contribution in [0.15, 0.2) is 45.5 Å². The van der Waals surface area contributed by atoms with E-state index in [2.05, 4.69) is 36.1 Å². The van der Waals surface area contributed by atoms with Gasteiger partial charge >= 0.3 is 0 Å². The van der Waals surface area contributed by atoms with E-state index < -0.39 is 0 Å². The zero-order valence-corrected chi connectivity index (χ0v) is 12.7.